The van der Waals surface area contributed by atoms with Gasteiger partial charge in [-0.05, 0) is 61.8 Å². The van der Waals surface area contributed by atoms with Crippen LogP contribution in [0.3, 0.4) is 0 Å². The largest absolute Gasteiger partial charge is 0.388 e. The fourth-order valence-electron chi connectivity index (χ4n) is 2.82. The fraction of sp³-hybridized carbons (Fsp3) is 0.533. The lowest BCUT2D eigenvalue weighted by Crippen LogP contribution is -2.47. The Morgan fingerprint density at radius 1 is 1.22 bits per heavy atom. The van der Waals surface area contributed by atoms with Gasteiger partial charge in [0.2, 0.25) is 0 Å². The second-order valence-electron chi connectivity index (χ2n) is 5.60. The van der Waals surface area contributed by atoms with E-state index in [4.69, 9.17) is 0 Å². The van der Waals surface area contributed by atoms with Crippen LogP contribution < -0.4 is 5.32 Å². The molecule has 1 amide bonds. The monoisotopic (exact) mass is 245 g/mol. The lowest BCUT2D eigenvalue weighted by Gasteiger charge is -2.36. The van der Waals surface area contributed by atoms with Gasteiger partial charge in [0, 0.05) is 12.1 Å². The molecule has 0 radical (unpaired) electrons. The number of hydrogen-bond donors (Lipinski definition) is 2. The average molecular weight is 245 g/mol. The Morgan fingerprint density at radius 2 is 2.00 bits per heavy atom. The van der Waals surface area contributed by atoms with Crippen LogP contribution in [0.5, 0.6) is 0 Å². The zero-order valence-corrected chi connectivity index (χ0v) is 10.5. The third-order valence-corrected chi connectivity index (χ3v) is 4.22. The topological polar surface area (TPSA) is 49.3 Å². The van der Waals surface area contributed by atoms with E-state index in [2.05, 4.69) is 11.4 Å². The predicted octanol–water partition coefficient (Wildman–Crippen LogP) is 1.82. The highest BCUT2D eigenvalue weighted by atomic mass is 16.3. The Bertz CT molecular complexity index is 477. The first-order valence-electron chi connectivity index (χ1n) is 6.79. The van der Waals surface area contributed by atoms with Gasteiger partial charge in [0.05, 0.1) is 5.60 Å². The van der Waals surface area contributed by atoms with Gasteiger partial charge in [-0.2, -0.15) is 0 Å². The van der Waals surface area contributed by atoms with Crippen molar-refractivity contribution in [1.82, 2.24) is 5.32 Å². The standard InChI is InChI=1S/C15H19NO2/c17-14(16-10-15(18)7-2-8-15)13-6-5-11-3-1-4-12(11)9-13/h5-6,9,18H,1-4,7-8,10H2,(H,16,17). The van der Waals surface area contributed by atoms with E-state index in [1.54, 1.807) is 0 Å². The van der Waals surface area contributed by atoms with Crippen molar-refractivity contribution >= 4 is 5.91 Å². The summed E-state index contributed by atoms with van der Waals surface area (Å²) in [5.74, 6) is -0.0648. The smallest absolute Gasteiger partial charge is 0.251 e. The molecule has 0 bridgehead atoms. The van der Waals surface area contributed by atoms with E-state index in [0.29, 0.717) is 6.54 Å². The normalized spacial score (nSPS) is 20.1. The second-order valence-corrected chi connectivity index (χ2v) is 5.60. The van der Waals surface area contributed by atoms with Gasteiger partial charge in [-0.3, -0.25) is 4.79 Å². The van der Waals surface area contributed by atoms with Crippen molar-refractivity contribution in [3.8, 4) is 0 Å². The lowest BCUT2D eigenvalue weighted by molar-refractivity contribution is -0.0300. The number of fused-ring (bicyclic) bond motifs is 1. The maximum Gasteiger partial charge on any atom is 0.251 e. The first-order chi connectivity index (χ1) is 8.66. The summed E-state index contributed by atoms with van der Waals surface area (Å²) in [6, 6.07) is 5.96. The molecule has 1 saturated carbocycles. The zero-order chi connectivity index (χ0) is 12.6. The molecular weight excluding hydrogens is 226 g/mol. The number of aryl methyl sites for hydroxylation is 2. The Hall–Kier alpha value is -1.35. The number of amides is 1. The van der Waals surface area contributed by atoms with Crippen molar-refractivity contribution in [3.05, 3.63) is 34.9 Å². The molecule has 3 rings (SSSR count). The minimum absolute atomic E-state index is 0.0648. The fourth-order valence-corrected chi connectivity index (χ4v) is 2.82. The highest BCUT2D eigenvalue weighted by molar-refractivity contribution is 5.94. The molecule has 2 aliphatic rings. The molecule has 1 aromatic rings. The van der Waals surface area contributed by atoms with Gasteiger partial charge in [0.1, 0.15) is 0 Å². The number of carbonyl (C=O) groups is 1. The molecule has 1 fully saturated rings. The molecule has 0 atom stereocenters. The first kappa shape index (κ1) is 11.7. The SMILES string of the molecule is O=C(NCC1(O)CCC1)c1ccc2c(c1)CCC2. The molecule has 1 aromatic carbocycles. The summed E-state index contributed by atoms with van der Waals surface area (Å²) < 4.78 is 0. The molecule has 18 heavy (non-hydrogen) atoms. The molecule has 0 unspecified atom stereocenters. The van der Waals surface area contributed by atoms with Gasteiger partial charge in [-0.25, -0.2) is 0 Å². The van der Waals surface area contributed by atoms with Crippen LogP contribution in [0, 0.1) is 0 Å². The minimum Gasteiger partial charge on any atom is -0.388 e. The molecule has 0 aliphatic heterocycles. The van der Waals surface area contributed by atoms with Gasteiger partial charge in [0.25, 0.3) is 5.91 Å². The Labute approximate surface area is 107 Å². The Morgan fingerprint density at radius 3 is 2.72 bits per heavy atom. The van der Waals surface area contributed by atoms with Crippen molar-refractivity contribution in [2.45, 2.75) is 44.1 Å². The van der Waals surface area contributed by atoms with Gasteiger partial charge >= 0.3 is 0 Å². The van der Waals surface area contributed by atoms with Crippen LogP contribution in [0.2, 0.25) is 0 Å². The second kappa shape index (κ2) is 4.39. The Balaban J connectivity index is 1.65. The van der Waals surface area contributed by atoms with Gasteiger partial charge < -0.3 is 10.4 Å². The highest BCUT2D eigenvalue weighted by Crippen LogP contribution is 2.30. The molecule has 0 aromatic heterocycles. The van der Waals surface area contributed by atoms with E-state index in [9.17, 15) is 9.90 Å². The van der Waals surface area contributed by atoms with Crippen LogP contribution >= 0.6 is 0 Å². The van der Waals surface area contributed by atoms with E-state index in [1.807, 2.05) is 12.1 Å². The maximum absolute atomic E-state index is 12.0. The average Bonchev–Trinajstić information content (AvgIpc) is 2.80. The number of hydrogen-bond acceptors (Lipinski definition) is 2. The lowest BCUT2D eigenvalue weighted by atomic mass is 9.80. The van der Waals surface area contributed by atoms with Crippen molar-refractivity contribution in [1.29, 1.82) is 0 Å². The zero-order valence-electron chi connectivity index (χ0n) is 10.5. The van der Waals surface area contributed by atoms with E-state index < -0.39 is 5.60 Å². The molecule has 0 spiro atoms. The summed E-state index contributed by atoms with van der Waals surface area (Å²) in [5, 5.41) is 12.8. The van der Waals surface area contributed by atoms with Crippen LogP contribution in [0.4, 0.5) is 0 Å². The van der Waals surface area contributed by atoms with Crippen molar-refractivity contribution in [2.24, 2.45) is 0 Å². The summed E-state index contributed by atoms with van der Waals surface area (Å²) in [6.07, 6.45) is 6.08. The molecule has 96 valence electrons. The first-order valence-corrected chi connectivity index (χ1v) is 6.79. The van der Waals surface area contributed by atoms with E-state index in [0.717, 1.165) is 37.7 Å². The number of carbonyl (C=O) groups excluding carboxylic acids is 1. The summed E-state index contributed by atoms with van der Waals surface area (Å²) in [7, 11) is 0. The number of rotatable bonds is 3. The summed E-state index contributed by atoms with van der Waals surface area (Å²) in [5.41, 5.74) is 2.76. The molecule has 3 heteroatoms. The van der Waals surface area contributed by atoms with Crippen LogP contribution in [-0.2, 0) is 12.8 Å². The van der Waals surface area contributed by atoms with Crippen molar-refractivity contribution in [3.63, 3.8) is 0 Å². The summed E-state index contributed by atoms with van der Waals surface area (Å²) in [4.78, 5) is 12.0. The van der Waals surface area contributed by atoms with Gasteiger partial charge in [0.15, 0.2) is 0 Å². The van der Waals surface area contributed by atoms with Gasteiger partial charge in [-0.1, -0.05) is 6.07 Å². The van der Waals surface area contributed by atoms with Crippen molar-refractivity contribution < 1.29 is 9.90 Å². The van der Waals surface area contributed by atoms with Crippen molar-refractivity contribution in [2.75, 3.05) is 6.54 Å². The minimum atomic E-state index is -0.646. The molecule has 0 saturated heterocycles. The van der Waals surface area contributed by atoms with Crippen LogP contribution in [0.1, 0.15) is 47.2 Å². The van der Waals surface area contributed by atoms with E-state index in [1.165, 1.54) is 17.5 Å². The molecule has 0 heterocycles. The molecule has 2 N–H and O–H groups in total. The van der Waals surface area contributed by atoms with Crippen LogP contribution in [-0.4, -0.2) is 23.2 Å². The molecular formula is C15H19NO2. The highest BCUT2D eigenvalue weighted by Gasteiger charge is 2.34. The molecule has 3 nitrogen and oxygen atoms in total. The van der Waals surface area contributed by atoms with Crippen LogP contribution in [0.15, 0.2) is 18.2 Å². The summed E-state index contributed by atoms with van der Waals surface area (Å²) in [6.45, 7) is 0.378. The third-order valence-electron chi connectivity index (χ3n) is 4.22. The Kier molecular flexibility index (Phi) is 2.86. The number of aliphatic hydroxyl groups is 1. The predicted molar refractivity (Wildman–Crippen MR) is 69.6 cm³/mol. The number of nitrogens with one attached hydrogen (secondary N) is 1. The third kappa shape index (κ3) is 2.15. The van der Waals surface area contributed by atoms with E-state index >= 15 is 0 Å². The molecule has 2 aliphatic carbocycles. The maximum atomic E-state index is 12.0. The van der Waals surface area contributed by atoms with Crippen LogP contribution in [0.25, 0.3) is 0 Å². The van der Waals surface area contributed by atoms with E-state index in [-0.39, 0.29) is 5.91 Å². The summed E-state index contributed by atoms with van der Waals surface area (Å²) >= 11 is 0. The number of benzene rings is 1. The quantitative estimate of drug-likeness (QED) is 0.853. The van der Waals surface area contributed by atoms with Gasteiger partial charge in [-0.15, -0.1) is 0 Å².